The number of pyridine rings is 1. The Labute approximate surface area is 109 Å². The lowest BCUT2D eigenvalue weighted by Gasteiger charge is -2.24. The maximum atomic E-state index is 5.18. The molecule has 1 fully saturated rings. The third-order valence-corrected chi connectivity index (χ3v) is 3.50. The number of nitrogens with one attached hydrogen (secondary N) is 1. The highest BCUT2D eigenvalue weighted by atomic mass is 16.5. The van der Waals surface area contributed by atoms with E-state index in [9.17, 15) is 0 Å². The van der Waals surface area contributed by atoms with Gasteiger partial charge >= 0.3 is 0 Å². The standard InChI is InChI=1S/C14H23N3O/c1-11(15-2)14-7-6-13(10-16-14)17(8-9-18-3)12-4-5-12/h6-7,10-12,15H,4-5,8-9H2,1-3H3. The second-order valence-electron chi connectivity index (χ2n) is 4.87. The molecule has 1 aliphatic carbocycles. The van der Waals surface area contributed by atoms with E-state index in [0.717, 1.165) is 18.8 Å². The van der Waals surface area contributed by atoms with E-state index >= 15 is 0 Å². The predicted molar refractivity (Wildman–Crippen MR) is 74.0 cm³/mol. The number of hydrogen-bond donors (Lipinski definition) is 1. The molecular weight excluding hydrogens is 226 g/mol. The number of hydrogen-bond acceptors (Lipinski definition) is 4. The summed E-state index contributed by atoms with van der Waals surface area (Å²) in [4.78, 5) is 6.95. The number of rotatable bonds is 7. The van der Waals surface area contributed by atoms with E-state index < -0.39 is 0 Å². The van der Waals surface area contributed by atoms with E-state index in [1.54, 1.807) is 7.11 Å². The quantitative estimate of drug-likeness (QED) is 0.802. The van der Waals surface area contributed by atoms with Crippen molar-refractivity contribution in [2.24, 2.45) is 0 Å². The van der Waals surface area contributed by atoms with Crippen LogP contribution in [0.25, 0.3) is 0 Å². The summed E-state index contributed by atoms with van der Waals surface area (Å²) in [6.45, 7) is 3.83. The molecule has 2 rings (SSSR count). The lowest BCUT2D eigenvalue weighted by Crippen LogP contribution is -2.29. The minimum absolute atomic E-state index is 0.299. The predicted octanol–water partition coefficient (Wildman–Crippen LogP) is 1.98. The van der Waals surface area contributed by atoms with Crippen molar-refractivity contribution in [3.05, 3.63) is 24.0 Å². The molecule has 1 heterocycles. The average molecular weight is 249 g/mol. The fourth-order valence-corrected chi connectivity index (χ4v) is 2.07. The number of ether oxygens (including phenoxy) is 1. The SMILES string of the molecule is CNC(C)c1ccc(N(CCOC)C2CC2)cn1. The minimum Gasteiger partial charge on any atom is -0.383 e. The van der Waals surface area contributed by atoms with Crippen LogP contribution < -0.4 is 10.2 Å². The van der Waals surface area contributed by atoms with Gasteiger partial charge < -0.3 is 15.0 Å². The van der Waals surface area contributed by atoms with Gasteiger partial charge in [-0.2, -0.15) is 0 Å². The first-order valence-corrected chi connectivity index (χ1v) is 6.65. The molecule has 1 unspecified atom stereocenters. The monoisotopic (exact) mass is 249 g/mol. The zero-order valence-corrected chi connectivity index (χ0v) is 11.5. The van der Waals surface area contributed by atoms with Crippen LogP contribution in [0.4, 0.5) is 5.69 Å². The Morgan fingerprint density at radius 1 is 1.50 bits per heavy atom. The summed E-state index contributed by atoms with van der Waals surface area (Å²) in [5.41, 5.74) is 2.30. The number of methoxy groups -OCH3 is 1. The van der Waals surface area contributed by atoms with Crippen molar-refractivity contribution in [3.63, 3.8) is 0 Å². The van der Waals surface area contributed by atoms with Gasteiger partial charge in [0.1, 0.15) is 0 Å². The zero-order valence-electron chi connectivity index (χ0n) is 11.5. The molecule has 4 heteroatoms. The Bertz CT molecular complexity index is 362. The van der Waals surface area contributed by atoms with Crippen molar-refractivity contribution in [1.29, 1.82) is 0 Å². The normalized spacial score (nSPS) is 16.6. The molecule has 0 bridgehead atoms. The topological polar surface area (TPSA) is 37.4 Å². The third kappa shape index (κ3) is 3.21. The lowest BCUT2D eigenvalue weighted by atomic mass is 10.2. The summed E-state index contributed by atoms with van der Waals surface area (Å²) < 4.78 is 5.18. The first-order valence-electron chi connectivity index (χ1n) is 6.65. The van der Waals surface area contributed by atoms with Gasteiger partial charge in [0.2, 0.25) is 0 Å². The fourth-order valence-electron chi connectivity index (χ4n) is 2.07. The molecule has 1 saturated carbocycles. The van der Waals surface area contributed by atoms with Gasteiger partial charge in [-0.1, -0.05) is 0 Å². The number of aromatic nitrogens is 1. The Kier molecular flexibility index (Phi) is 4.55. The van der Waals surface area contributed by atoms with Crippen LogP contribution in [0.3, 0.4) is 0 Å². The maximum absolute atomic E-state index is 5.18. The van der Waals surface area contributed by atoms with Crippen molar-refractivity contribution < 1.29 is 4.74 Å². The van der Waals surface area contributed by atoms with Crippen molar-refractivity contribution in [3.8, 4) is 0 Å². The third-order valence-electron chi connectivity index (χ3n) is 3.50. The molecule has 0 amide bonds. The van der Waals surface area contributed by atoms with E-state index in [4.69, 9.17) is 4.74 Å². The van der Waals surface area contributed by atoms with Crippen LogP contribution in [0, 0.1) is 0 Å². The Balaban J connectivity index is 2.05. The summed E-state index contributed by atoms with van der Waals surface area (Å²) in [6, 6.07) is 5.27. The summed E-state index contributed by atoms with van der Waals surface area (Å²) in [5.74, 6) is 0. The molecule has 1 atom stereocenters. The second kappa shape index (κ2) is 6.16. The van der Waals surface area contributed by atoms with Gasteiger partial charge in [-0.05, 0) is 38.9 Å². The van der Waals surface area contributed by atoms with Gasteiger partial charge in [0.05, 0.1) is 24.2 Å². The van der Waals surface area contributed by atoms with E-state index in [2.05, 4.69) is 34.3 Å². The Morgan fingerprint density at radius 3 is 2.78 bits per heavy atom. The molecule has 1 aliphatic rings. The number of anilines is 1. The Morgan fingerprint density at radius 2 is 2.28 bits per heavy atom. The van der Waals surface area contributed by atoms with Crippen LogP contribution in [0.1, 0.15) is 31.5 Å². The summed E-state index contributed by atoms with van der Waals surface area (Å²) >= 11 is 0. The molecular formula is C14H23N3O. The van der Waals surface area contributed by atoms with E-state index in [0.29, 0.717) is 12.1 Å². The van der Waals surface area contributed by atoms with Gasteiger partial charge in [0.25, 0.3) is 0 Å². The van der Waals surface area contributed by atoms with Crippen LogP contribution in [-0.4, -0.2) is 38.3 Å². The van der Waals surface area contributed by atoms with Gasteiger partial charge in [-0.25, -0.2) is 0 Å². The van der Waals surface area contributed by atoms with Crippen LogP contribution in [0.15, 0.2) is 18.3 Å². The van der Waals surface area contributed by atoms with Gasteiger partial charge in [0, 0.05) is 25.7 Å². The molecule has 0 saturated heterocycles. The van der Waals surface area contributed by atoms with Crippen LogP contribution in [-0.2, 0) is 4.74 Å². The maximum Gasteiger partial charge on any atom is 0.0637 e. The van der Waals surface area contributed by atoms with E-state index in [1.165, 1.54) is 18.5 Å². The largest absolute Gasteiger partial charge is 0.383 e. The smallest absolute Gasteiger partial charge is 0.0637 e. The van der Waals surface area contributed by atoms with E-state index in [-0.39, 0.29) is 0 Å². The average Bonchev–Trinajstić information content (AvgIpc) is 3.24. The fraction of sp³-hybridized carbons (Fsp3) is 0.643. The van der Waals surface area contributed by atoms with Crippen molar-refractivity contribution in [2.45, 2.75) is 31.8 Å². The minimum atomic E-state index is 0.299. The molecule has 0 aliphatic heterocycles. The zero-order chi connectivity index (χ0) is 13.0. The highest BCUT2D eigenvalue weighted by Crippen LogP contribution is 2.31. The van der Waals surface area contributed by atoms with Crippen molar-refractivity contribution >= 4 is 5.69 Å². The highest BCUT2D eigenvalue weighted by molar-refractivity contribution is 5.47. The molecule has 1 N–H and O–H groups in total. The van der Waals surface area contributed by atoms with Gasteiger partial charge in [-0.3, -0.25) is 4.98 Å². The Hall–Kier alpha value is -1.13. The van der Waals surface area contributed by atoms with E-state index in [1.807, 2.05) is 13.2 Å². The molecule has 1 aromatic rings. The lowest BCUT2D eigenvalue weighted by molar-refractivity contribution is 0.205. The van der Waals surface area contributed by atoms with Crippen LogP contribution >= 0.6 is 0 Å². The van der Waals surface area contributed by atoms with Gasteiger partial charge in [0.15, 0.2) is 0 Å². The second-order valence-corrected chi connectivity index (χ2v) is 4.87. The molecule has 100 valence electrons. The highest BCUT2D eigenvalue weighted by Gasteiger charge is 2.29. The van der Waals surface area contributed by atoms with Crippen molar-refractivity contribution in [2.75, 3.05) is 32.2 Å². The van der Waals surface area contributed by atoms with Crippen molar-refractivity contribution in [1.82, 2.24) is 10.3 Å². The number of nitrogens with zero attached hydrogens (tertiary/aromatic N) is 2. The molecule has 1 aromatic heterocycles. The molecule has 0 aromatic carbocycles. The molecule has 0 radical (unpaired) electrons. The summed E-state index contributed by atoms with van der Waals surface area (Å²) in [5, 5.41) is 3.20. The van der Waals surface area contributed by atoms with Gasteiger partial charge in [-0.15, -0.1) is 0 Å². The van der Waals surface area contributed by atoms with Crippen LogP contribution in [0.2, 0.25) is 0 Å². The molecule has 0 spiro atoms. The molecule has 4 nitrogen and oxygen atoms in total. The first kappa shape index (κ1) is 13.3. The first-order chi connectivity index (χ1) is 8.76. The van der Waals surface area contributed by atoms with Crippen LogP contribution in [0.5, 0.6) is 0 Å². The summed E-state index contributed by atoms with van der Waals surface area (Å²) in [7, 11) is 3.70. The molecule has 18 heavy (non-hydrogen) atoms. The summed E-state index contributed by atoms with van der Waals surface area (Å²) in [6.07, 6.45) is 4.56.